The van der Waals surface area contributed by atoms with Gasteiger partial charge in [0.05, 0.1) is 16.1 Å². The number of alkyl halides is 6. The Kier molecular flexibility index (Phi) is 14.1. The van der Waals surface area contributed by atoms with Crippen molar-refractivity contribution in [1.29, 1.82) is 0 Å². The highest BCUT2D eigenvalue weighted by Crippen LogP contribution is 2.44. The van der Waals surface area contributed by atoms with Gasteiger partial charge in [0.2, 0.25) is 11.4 Å². The van der Waals surface area contributed by atoms with E-state index < -0.39 is 24.3 Å². The molecule has 2 aromatic carbocycles. The lowest BCUT2D eigenvalue weighted by atomic mass is 10.1. The van der Waals surface area contributed by atoms with Crippen molar-refractivity contribution in [2.45, 2.75) is 36.6 Å². The van der Waals surface area contributed by atoms with Gasteiger partial charge in [0.1, 0.15) is 6.54 Å². The van der Waals surface area contributed by atoms with Crippen molar-refractivity contribution in [2.75, 3.05) is 25.0 Å². The SMILES string of the molecule is CN1/C(=C\C=C\c2cc[n+](CCCC(=O)NCCN)c3ccccc23)Sc2ccccc21.O=C(O)C(F)(F)F.O=C(O)C(F)(F)F. The molecule has 1 amide bonds. The Balaban J connectivity index is 0.000000440. The van der Waals surface area contributed by atoms with Crippen LogP contribution >= 0.6 is 11.8 Å². The maximum Gasteiger partial charge on any atom is 0.490 e. The van der Waals surface area contributed by atoms with E-state index in [1.165, 1.54) is 32.1 Å². The molecule has 16 heteroatoms. The number of benzene rings is 2. The number of aliphatic carboxylic acids is 2. The van der Waals surface area contributed by atoms with E-state index in [4.69, 9.17) is 25.5 Å². The van der Waals surface area contributed by atoms with E-state index in [-0.39, 0.29) is 5.91 Å². The van der Waals surface area contributed by atoms with E-state index in [1.807, 2.05) is 0 Å². The topological polar surface area (TPSA) is 137 Å². The zero-order valence-electron chi connectivity index (χ0n) is 24.3. The largest absolute Gasteiger partial charge is 0.490 e. The monoisotopic (exact) mass is 673 g/mol. The van der Waals surface area contributed by atoms with Gasteiger partial charge in [0.25, 0.3) is 0 Å². The van der Waals surface area contributed by atoms with Crippen molar-refractivity contribution >= 4 is 52.3 Å². The first-order valence-electron chi connectivity index (χ1n) is 13.4. The summed E-state index contributed by atoms with van der Waals surface area (Å²) in [6, 6.07) is 19.0. The number of carboxylic acid groups (broad SMARTS) is 2. The number of rotatable bonds is 8. The van der Waals surface area contributed by atoms with Crippen molar-refractivity contribution in [2.24, 2.45) is 5.73 Å². The van der Waals surface area contributed by atoms with Crippen LogP contribution < -0.4 is 20.5 Å². The van der Waals surface area contributed by atoms with Gasteiger partial charge in [-0.3, -0.25) is 4.79 Å². The van der Waals surface area contributed by atoms with Crippen LogP contribution in [0.25, 0.3) is 17.0 Å². The number of hydrogen-bond acceptors (Lipinski definition) is 6. The van der Waals surface area contributed by atoms with Gasteiger partial charge in [0.15, 0.2) is 6.20 Å². The second kappa shape index (κ2) is 17.2. The highest BCUT2D eigenvalue weighted by Gasteiger charge is 2.38. The Morgan fingerprint density at radius 1 is 0.957 bits per heavy atom. The normalized spacial score (nSPS) is 13.5. The van der Waals surface area contributed by atoms with Crippen LogP contribution in [0.4, 0.5) is 32.0 Å². The molecular formula is C30H31F6N4O5S+. The van der Waals surface area contributed by atoms with E-state index in [0.29, 0.717) is 19.5 Å². The molecule has 1 aromatic heterocycles. The number of amides is 1. The predicted octanol–water partition coefficient (Wildman–Crippen LogP) is 5.35. The van der Waals surface area contributed by atoms with E-state index in [1.54, 1.807) is 11.8 Å². The highest BCUT2D eigenvalue weighted by molar-refractivity contribution is 8.03. The minimum absolute atomic E-state index is 0.0600. The van der Waals surface area contributed by atoms with Crippen molar-refractivity contribution in [3.63, 3.8) is 0 Å². The summed E-state index contributed by atoms with van der Waals surface area (Å²) in [7, 11) is 2.11. The standard InChI is InChI=1S/C26H28N4OS.2C2HF3O2/c1-29-23-11-4-5-12-24(23)32-26(29)14-6-8-20-15-19-30(22-10-3-2-9-21(20)22)18-7-13-25(31)28-17-16-27;2*3-2(4,5)1(6)7/h2-6,8-12,14-15,19H,7,13,16-18,27H2,1H3;2*(H,6,7)/p+1. The number of fused-ring (bicyclic) bond motifs is 2. The molecule has 2 heterocycles. The molecule has 0 aliphatic carbocycles. The van der Waals surface area contributed by atoms with Gasteiger partial charge in [-0.15, -0.1) is 0 Å². The van der Waals surface area contributed by atoms with Crippen LogP contribution in [0.5, 0.6) is 0 Å². The first-order valence-corrected chi connectivity index (χ1v) is 14.2. The summed E-state index contributed by atoms with van der Waals surface area (Å²) < 4.78 is 65.7. The van der Waals surface area contributed by atoms with Gasteiger partial charge in [-0.2, -0.15) is 30.9 Å². The number of allylic oxidation sites excluding steroid dienone is 2. The van der Waals surface area contributed by atoms with Crippen molar-refractivity contribution in [3.05, 3.63) is 83.5 Å². The molecule has 0 saturated carbocycles. The number of pyridine rings is 1. The second-order valence-corrected chi connectivity index (χ2v) is 10.4. The van der Waals surface area contributed by atoms with Crippen molar-refractivity contribution in [3.8, 4) is 0 Å². The number of anilines is 1. The van der Waals surface area contributed by atoms with E-state index in [2.05, 4.69) is 101 Å². The summed E-state index contributed by atoms with van der Waals surface area (Å²) >= 11 is 1.79. The quantitative estimate of drug-likeness (QED) is 0.186. The minimum Gasteiger partial charge on any atom is -0.475 e. The molecule has 0 unspecified atom stereocenters. The van der Waals surface area contributed by atoms with E-state index in [9.17, 15) is 31.1 Å². The third kappa shape index (κ3) is 11.7. The number of nitrogens with two attached hydrogens (primary N) is 1. The molecule has 0 atom stereocenters. The molecule has 46 heavy (non-hydrogen) atoms. The number of thioether (sulfide) groups is 1. The lowest BCUT2D eigenvalue weighted by Crippen LogP contribution is -2.35. The maximum atomic E-state index is 11.8. The Hall–Kier alpha value is -4.57. The number of hydrogen-bond donors (Lipinski definition) is 4. The molecule has 5 N–H and O–H groups in total. The Labute approximate surface area is 264 Å². The molecule has 0 saturated heterocycles. The van der Waals surface area contributed by atoms with Crippen LogP contribution in [-0.2, 0) is 20.9 Å². The summed E-state index contributed by atoms with van der Waals surface area (Å²) in [5.41, 5.74) is 9.04. The van der Waals surface area contributed by atoms with Gasteiger partial charge >= 0.3 is 24.3 Å². The van der Waals surface area contributed by atoms with Gasteiger partial charge in [-0.05, 0) is 29.8 Å². The van der Waals surface area contributed by atoms with E-state index in [0.717, 1.165) is 13.0 Å². The molecule has 1 aliphatic heterocycles. The van der Waals surface area contributed by atoms with E-state index >= 15 is 0 Å². The average molecular weight is 674 g/mol. The van der Waals surface area contributed by atoms with Crippen molar-refractivity contribution in [1.82, 2.24) is 5.32 Å². The first-order chi connectivity index (χ1) is 21.6. The zero-order valence-corrected chi connectivity index (χ0v) is 25.1. The minimum atomic E-state index is -5.08. The average Bonchev–Trinajstić information content (AvgIpc) is 3.31. The van der Waals surface area contributed by atoms with Gasteiger partial charge < -0.3 is 26.2 Å². The number of aryl methyl sites for hydroxylation is 1. The van der Waals surface area contributed by atoms with Crippen LogP contribution in [0.2, 0.25) is 0 Å². The number of halogens is 6. The number of aromatic nitrogens is 1. The lowest BCUT2D eigenvalue weighted by molar-refractivity contribution is -0.671. The van der Waals surface area contributed by atoms with Crippen LogP contribution in [-0.4, -0.2) is 60.5 Å². The Morgan fingerprint density at radius 3 is 2.13 bits per heavy atom. The molecular weight excluding hydrogens is 642 g/mol. The molecule has 3 aromatic rings. The molecule has 0 fully saturated rings. The number of carbonyl (C=O) groups is 3. The fourth-order valence-corrected chi connectivity index (χ4v) is 4.92. The van der Waals surface area contributed by atoms with Crippen LogP contribution in [0.3, 0.4) is 0 Å². The summed E-state index contributed by atoms with van der Waals surface area (Å²) in [6.07, 6.45) is -0.309. The summed E-state index contributed by atoms with van der Waals surface area (Å²) in [5, 5.41) is 19.5. The first kappa shape index (κ1) is 37.6. The molecule has 0 spiro atoms. The molecule has 248 valence electrons. The highest BCUT2D eigenvalue weighted by atomic mass is 32.2. The van der Waals surface area contributed by atoms with Gasteiger partial charge in [0, 0.05) is 50.0 Å². The third-order valence-corrected chi connectivity index (χ3v) is 7.18. The van der Waals surface area contributed by atoms with Gasteiger partial charge in [-0.25, -0.2) is 9.59 Å². The van der Waals surface area contributed by atoms with Gasteiger partial charge in [-0.1, -0.05) is 48.2 Å². The molecule has 9 nitrogen and oxygen atoms in total. The third-order valence-electron chi connectivity index (χ3n) is 6.00. The number of nitrogens with one attached hydrogen (secondary N) is 1. The summed E-state index contributed by atoms with van der Waals surface area (Å²) in [6.45, 7) is 1.80. The summed E-state index contributed by atoms with van der Waals surface area (Å²) in [5.74, 6) is -5.45. The molecule has 1 aliphatic rings. The fourth-order valence-electron chi connectivity index (χ4n) is 3.86. The smallest absolute Gasteiger partial charge is 0.475 e. The number of nitrogens with zero attached hydrogens (tertiary/aromatic N) is 2. The zero-order chi connectivity index (χ0) is 34.5. The second-order valence-electron chi connectivity index (χ2n) is 9.32. The number of carbonyl (C=O) groups excluding carboxylic acids is 1. The maximum absolute atomic E-state index is 11.8. The molecule has 0 bridgehead atoms. The Bertz CT molecular complexity index is 1550. The van der Waals surface area contributed by atoms with Crippen LogP contribution in [0, 0.1) is 0 Å². The Morgan fingerprint density at radius 2 is 1.54 bits per heavy atom. The summed E-state index contributed by atoms with van der Waals surface area (Å²) in [4.78, 5) is 33.1. The number of para-hydroxylation sites is 2. The lowest BCUT2D eigenvalue weighted by Gasteiger charge is -2.12. The number of carboxylic acids is 2. The fraction of sp³-hybridized carbons (Fsp3) is 0.267. The van der Waals surface area contributed by atoms with Crippen LogP contribution in [0.15, 0.2) is 82.9 Å². The van der Waals surface area contributed by atoms with Crippen molar-refractivity contribution < 1.29 is 55.5 Å². The molecule has 0 radical (unpaired) electrons. The van der Waals surface area contributed by atoms with Crippen LogP contribution in [0.1, 0.15) is 18.4 Å². The predicted molar refractivity (Wildman–Crippen MR) is 161 cm³/mol. The molecule has 4 rings (SSSR count).